The molecule has 0 bridgehead atoms. The van der Waals surface area contributed by atoms with Gasteiger partial charge in [-0.25, -0.2) is 0 Å². The zero-order valence-corrected chi connectivity index (χ0v) is 15.6. The Morgan fingerprint density at radius 2 is 1.96 bits per heavy atom. The fourth-order valence-corrected chi connectivity index (χ4v) is 4.32. The number of ether oxygens (including phenoxy) is 1. The van der Waals surface area contributed by atoms with Gasteiger partial charge in [0.1, 0.15) is 5.75 Å². The van der Waals surface area contributed by atoms with Crippen LogP contribution in [0.25, 0.3) is 0 Å². The van der Waals surface area contributed by atoms with Crippen molar-refractivity contribution in [3.05, 3.63) is 62.3 Å². The number of aryl methyl sites for hydroxylation is 1. The van der Waals surface area contributed by atoms with E-state index in [1.54, 1.807) is 29.5 Å². The molecule has 2 aromatic rings. The Morgan fingerprint density at radius 3 is 2.67 bits per heavy atom. The highest BCUT2D eigenvalue weighted by Crippen LogP contribution is 2.32. The van der Waals surface area contributed by atoms with E-state index in [1.165, 1.54) is 10.5 Å². The molecule has 2 atom stereocenters. The molecule has 24 heavy (non-hydrogen) atoms. The van der Waals surface area contributed by atoms with Gasteiger partial charge in [-0.3, -0.25) is 0 Å². The summed E-state index contributed by atoms with van der Waals surface area (Å²) in [5, 5.41) is 13.5. The molecule has 5 heteroatoms. The molecule has 0 fully saturated rings. The average molecular weight is 383 g/mol. The van der Waals surface area contributed by atoms with E-state index in [0.717, 1.165) is 19.3 Å². The SMILES string of the molecule is O[C@@H]1CC=C(CCCc2cccs2)[C@H]1COc1cc(Cl)cc(Cl)c1. The van der Waals surface area contributed by atoms with E-state index in [2.05, 4.69) is 23.6 Å². The summed E-state index contributed by atoms with van der Waals surface area (Å²) in [6, 6.07) is 9.43. The summed E-state index contributed by atoms with van der Waals surface area (Å²) in [4.78, 5) is 1.41. The first kappa shape index (κ1) is 17.8. The summed E-state index contributed by atoms with van der Waals surface area (Å²) in [6.07, 6.45) is 5.69. The van der Waals surface area contributed by atoms with Gasteiger partial charge in [0.25, 0.3) is 0 Å². The highest BCUT2D eigenvalue weighted by molar-refractivity contribution is 7.09. The van der Waals surface area contributed by atoms with Crippen molar-refractivity contribution in [1.82, 2.24) is 0 Å². The molecule has 1 aromatic heterocycles. The molecule has 0 aliphatic heterocycles. The second kappa shape index (κ2) is 8.39. The summed E-state index contributed by atoms with van der Waals surface area (Å²) in [5.41, 5.74) is 1.30. The highest BCUT2D eigenvalue weighted by Gasteiger charge is 2.28. The Morgan fingerprint density at radius 1 is 1.17 bits per heavy atom. The van der Waals surface area contributed by atoms with Crippen molar-refractivity contribution in [3.8, 4) is 5.75 Å². The van der Waals surface area contributed by atoms with Crippen molar-refractivity contribution in [2.75, 3.05) is 6.61 Å². The molecule has 0 saturated carbocycles. The predicted molar refractivity (Wildman–Crippen MR) is 101 cm³/mol. The summed E-state index contributed by atoms with van der Waals surface area (Å²) in [7, 11) is 0. The molecule has 1 aromatic carbocycles. The minimum atomic E-state index is -0.364. The molecule has 3 rings (SSSR count). The quantitative estimate of drug-likeness (QED) is 0.616. The zero-order valence-electron chi connectivity index (χ0n) is 13.3. The van der Waals surface area contributed by atoms with Gasteiger partial charge in [-0.15, -0.1) is 11.3 Å². The van der Waals surface area contributed by atoms with Crippen LogP contribution in [0.4, 0.5) is 0 Å². The van der Waals surface area contributed by atoms with Crippen LogP contribution in [0.1, 0.15) is 24.1 Å². The third-order valence-corrected chi connectivity index (χ3v) is 5.67. The van der Waals surface area contributed by atoms with Gasteiger partial charge in [0, 0.05) is 20.8 Å². The lowest BCUT2D eigenvalue weighted by Crippen LogP contribution is -2.23. The Labute approximate surface area is 156 Å². The second-order valence-electron chi connectivity index (χ2n) is 6.04. The number of halogens is 2. The smallest absolute Gasteiger partial charge is 0.122 e. The standard InChI is InChI=1S/C19H20Cl2O2S/c20-14-9-15(21)11-16(10-14)23-12-18-13(6-7-19(18)22)3-1-4-17-5-2-8-24-17/h2,5-6,8-11,18-19,22H,1,3-4,7,12H2/t18-,19-/m1/s1. The van der Waals surface area contributed by atoms with Crippen LogP contribution in [0.5, 0.6) is 5.75 Å². The van der Waals surface area contributed by atoms with E-state index in [0.29, 0.717) is 28.8 Å². The molecular formula is C19H20Cl2O2S. The maximum atomic E-state index is 10.2. The van der Waals surface area contributed by atoms with Gasteiger partial charge < -0.3 is 9.84 Å². The second-order valence-corrected chi connectivity index (χ2v) is 7.94. The lowest BCUT2D eigenvalue weighted by atomic mass is 9.96. The number of hydrogen-bond donors (Lipinski definition) is 1. The van der Waals surface area contributed by atoms with Crippen LogP contribution in [0.2, 0.25) is 10.0 Å². The molecule has 1 heterocycles. The maximum Gasteiger partial charge on any atom is 0.122 e. The van der Waals surface area contributed by atoms with Crippen LogP contribution >= 0.6 is 34.5 Å². The summed E-state index contributed by atoms with van der Waals surface area (Å²) in [6.45, 7) is 0.447. The first-order valence-corrected chi connectivity index (χ1v) is 9.73. The van der Waals surface area contributed by atoms with Gasteiger partial charge in [0.05, 0.1) is 12.7 Å². The molecule has 2 nitrogen and oxygen atoms in total. The lowest BCUT2D eigenvalue weighted by molar-refractivity contribution is 0.105. The first-order valence-electron chi connectivity index (χ1n) is 8.10. The third-order valence-electron chi connectivity index (χ3n) is 4.30. The molecule has 0 radical (unpaired) electrons. The van der Waals surface area contributed by atoms with Crippen LogP contribution in [0, 0.1) is 5.92 Å². The normalized spacial score (nSPS) is 20.2. The van der Waals surface area contributed by atoms with Crippen molar-refractivity contribution in [3.63, 3.8) is 0 Å². The van der Waals surface area contributed by atoms with Gasteiger partial charge in [-0.05, 0) is 55.3 Å². The number of aliphatic hydroxyl groups excluding tert-OH is 1. The van der Waals surface area contributed by atoms with E-state index >= 15 is 0 Å². The third kappa shape index (κ3) is 4.76. The van der Waals surface area contributed by atoms with E-state index in [4.69, 9.17) is 27.9 Å². The van der Waals surface area contributed by atoms with Crippen molar-refractivity contribution in [2.24, 2.45) is 5.92 Å². The van der Waals surface area contributed by atoms with Crippen LogP contribution in [0.15, 0.2) is 47.4 Å². The first-order chi connectivity index (χ1) is 11.6. The molecule has 0 unspecified atom stereocenters. The Balaban J connectivity index is 1.53. The molecule has 0 amide bonds. The summed E-state index contributed by atoms with van der Waals surface area (Å²) < 4.78 is 5.84. The fourth-order valence-electron chi connectivity index (χ4n) is 3.06. The van der Waals surface area contributed by atoms with E-state index in [9.17, 15) is 5.11 Å². The molecule has 0 saturated heterocycles. The van der Waals surface area contributed by atoms with Gasteiger partial charge in [-0.2, -0.15) is 0 Å². The van der Waals surface area contributed by atoms with Crippen molar-refractivity contribution < 1.29 is 9.84 Å². The van der Waals surface area contributed by atoms with Crippen molar-refractivity contribution in [1.29, 1.82) is 0 Å². The zero-order chi connectivity index (χ0) is 16.9. The van der Waals surface area contributed by atoms with Gasteiger partial charge >= 0.3 is 0 Å². The largest absolute Gasteiger partial charge is 0.493 e. The number of aliphatic hydroxyl groups is 1. The van der Waals surface area contributed by atoms with Crippen LogP contribution < -0.4 is 4.74 Å². The summed E-state index contributed by atoms with van der Waals surface area (Å²) >= 11 is 13.8. The average Bonchev–Trinajstić information content (AvgIpc) is 3.15. The van der Waals surface area contributed by atoms with E-state index < -0.39 is 0 Å². The van der Waals surface area contributed by atoms with Crippen LogP contribution in [-0.2, 0) is 6.42 Å². The Hall–Kier alpha value is -1.000. The minimum absolute atomic E-state index is 0.0473. The van der Waals surface area contributed by atoms with Gasteiger partial charge in [0.15, 0.2) is 0 Å². The fraction of sp³-hybridized carbons (Fsp3) is 0.368. The topological polar surface area (TPSA) is 29.5 Å². The number of benzene rings is 1. The minimum Gasteiger partial charge on any atom is -0.493 e. The predicted octanol–water partition coefficient (Wildman–Crippen LogP) is 5.76. The van der Waals surface area contributed by atoms with Gasteiger partial charge in [0.2, 0.25) is 0 Å². The molecule has 128 valence electrons. The molecule has 0 spiro atoms. The molecular weight excluding hydrogens is 363 g/mol. The summed E-state index contributed by atoms with van der Waals surface area (Å²) in [5.74, 6) is 0.690. The monoisotopic (exact) mass is 382 g/mol. The van der Waals surface area contributed by atoms with E-state index in [1.807, 2.05) is 0 Å². The maximum absolute atomic E-state index is 10.2. The van der Waals surface area contributed by atoms with E-state index in [-0.39, 0.29) is 12.0 Å². The molecule has 1 aliphatic carbocycles. The number of thiophene rings is 1. The number of rotatable bonds is 7. The molecule has 1 aliphatic rings. The Kier molecular flexibility index (Phi) is 6.23. The van der Waals surface area contributed by atoms with Crippen LogP contribution in [-0.4, -0.2) is 17.8 Å². The molecule has 1 N–H and O–H groups in total. The van der Waals surface area contributed by atoms with Crippen LogP contribution in [0.3, 0.4) is 0 Å². The van der Waals surface area contributed by atoms with Gasteiger partial charge in [-0.1, -0.05) is 40.9 Å². The Bertz CT molecular complexity index is 677. The van der Waals surface area contributed by atoms with Crippen molar-refractivity contribution in [2.45, 2.75) is 31.8 Å². The number of hydrogen-bond acceptors (Lipinski definition) is 3. The lowest BCUT2D eigenvalue weighted by Gasteiger charge is -2.20. The highest BCUT2D eigenvalue weighted by atomic mass is 35.5. The van der Waals surface area contributed by atoms with Crippen molar-refractivity contribution >= 4 is 34.5 Å².